The lowest BCUT2D eigenvalue weighted by Crippen LogP contribution is -2.13. The minimum atomic E-state index is 0.197. The molecule has 25 heavy (non-hydrogen) atoms. The first-order valence-corrected chi connectivity index (χ1v) is 8.88. The summed E-state index contributed by atoms with van der Waals surface area (Å²) in [6.07, 6.45) is 1.18. The summed E-state index contributed by atoms with van der Waals surface area (Å²) in [7, 11) is 1.67. The lowest BCUT2D eigenvalue weighted by atomic mass is 10.2. The van der Waals surface area contributed by atoms with Gasteiger partial charge in [-0.1, -0.05) is 25.1 Å². The second-order valence-corrected chi connectivity index (χ2v) is 6.25. The van der Waals surface area contributed by atoms with Crippen molar-refractivity contribution < 1.29 is 14.2 Å². The summed E-state index contributed by atoms with van der Waals surface area (Å²) in [6, 6.07) is 14.3. The van der Waals surface area contributed by atoms with Crippen LogP contribution in [0, 0.1) is 0 Å². The van der Waals surface area contributed by atoms with Gasteiger partial charge in [0.25, 0.3) is 0 Å². The highest BCUT2D eigenvalue weighted by Crippen LogP contribution is 2.28. The second kappa shape index (κ2) is 9.94. The molecule has 0 unspecified atom stereocenters. The lowest BCUT2D eigenvalue weighted by molar-refractivity contribution is 0.242. The van der Waals surface area contributed by atoms with Gasteiger partial charge < -0.3 is 19.5 Å². The smallest absolute Gasteiger partial charge is 0.161 e. The summed E-state index contributed by atoms with van der Waals surface area (Å²) in [5, 5.41) is 3.45. The van der Waals surface area contributed by atoms with Gasteiger partial charge in [0.1, 0.15) is 5.75 Å². The molecule has 0 amide bonds. The fourth-order valence-electron chi connectivity index (χ4n) is 2.46. The van der Waals surface area contributed by atoms with Crippen molar-refractivity contribution in [3.63, 3.8) is 0 Å². The normalized spacial score (nSPS) is 10.8. The van der Waals surface area contributed by atoms with E-state index in [0.29, 0.717) is 6.61 Å². The molecular weight excluding hydrogens is 314 g/mol. The van der Waals surface area contributed by atoms with E-state index in [1.807, 2.05) is 38.1 Å². The monoisotopic (exact) mass is 343 g/mol. The number of methoxy groups -OCH3 is 1. The maximum atomic E-state index is 5.69. The zero-order chi connectivity index (χ0) is 18.1. The van der Waals surface area contributed by atoms with Gasteiger partial charge in [0, 0.05) is 13.1 Å². The Kier molecular flexibility index (Phi) is 7.61. The van der Waals surface area contributed by atoms with Gasteiger partial charge in [-0.15, -0.1) is 0 Å². The van der Waals surface area contributed by atoms with Crippen LogP contribution in [0.5, 0.6) is 17.2 Å². The van der Waals surface area contributed by atoms with Gasteiger partial charge in [0.2, 0.25) is 0 Å². The average molecular weight is 343 g/mol. The number of rotatable bonds is 10. The molecule has 0 bridgehead atoms. The number of hydrogen-bond donors (Lipinski definition) is 1. The van der Waals surface area contributed by atoms with Crippen LogP contribution < -0.4 is 19.5 Å². The predicted molar refractivity (Wildman–Crippen MR) is 102 cm³/mol. The summed E-state index contributed by atoms with van der Waals surface area (Å²) >= 11 is 0. The number of hydrogen-bond acceptors (Lipinski definition) is 4. The van der Waals surface area contributed by atoms with Gasteiger partial charge >= 0.3 is 0 Å². The van der Waals surface area contributed by atoms with Crippen molar-refractivity contribution in [1.82, 2.24) is 5.32 Å². The molecule has 136 valence electrons. The van der Waals surface area contributed by atoms with E-state index in [9.17, 15) is 0 Å². The Bertz CT molecular complexity index is 638. The Labute approximate surface area is 151 Å². The molecule has 0 saturated carbocycles. The van der Waals surface area contributed by atoms with Gasteiger partial charge in [-0.25, -0.2) is 0 Å². The number of benzene rings is 2. The Morgan fingerprint density at radius 3 is 2.24 bits per heavy atom. The van der Waals surface area contributed by atoms with Gasteiger partial charge in [0.15, 0.2) is 11.5 Å². The molecule has 0 saturated heterocycles. The molecule has 0 atom stereocenters. The molecular formula is C21H29NO3. The van der Waals surface area contributed by atoms with Gasteiger partial charge in [-0.05, 0) is 55.7 Å². The van der Waals surface area contributed by atoms with Crippen molar-refractivity contribution in [3.8, 4) is 17.2 Å². The molecule has 0 aliphatic rings. The minimum Gasteiger partial charge on any atom is -0.493 e. The maximum absolute atomic E-state index is 5.69. The Balaban J connectivity index is 1.86. The van der Waals surface area contributed by atoms with Crippen molar-refractivity contribution in [1.29, 1.82) is 0 Å². The van der Waals surface area contributed by atoms with E-state index in [1.54, 1.807) is 7.11 Å². The fourth-order valence-corrected chi connectivity index (χ4v) is 2.46. The molecule has 1 N–H and O–H groups in total. The molecule has 0 fully saturated rings. The predicted octanol–water partition coefficient (Wildman–Crippen LogP) is 4.56. The van der Waals surface area contributed by atoms with E-state index < -0.39 is 0 Å². The molecule has 0 aliphatic carbocycles. The lowest BCUT2D eigenvalue weighted by Gasteiger charge is -2.12. The first-order chi connectivity index (χ1) is 12.1. The summed E-state index contributed by atoms with van der Waals surface area (Å²) in [5.41, 5.74) is 2.39. The highest BCUT2D eigenvalue weighted by Gasteiger charge is 2.05. The number of nitrogens with one attached hydrogen (secondary N) is 1. The average Bonchev–Trinajstić information content (AvgIpc) is 2.61. The Hall–Kier alpha value is -2.20. The van der Waals surface area contributed by atoms with Crippen LogP contribution in [0.2, 0.25) is 0 Å². The largest absolute Gasteiger partial charge is 0.493 e. The standard InChI is InChI=1S/C21H29NO3/c1-5-12-24-20-11-8-18(13-21(20)23-4)15-22-14-17-6-9-19(10-7-17)25-16(2)3/h6-11,13,16,22H,5,12,14-15H2,1-4H3. The van der Waals surface area contributed by atoms with Crippen LogP contribution in [0.4, 0.5) is 0 Å². The third-order valence-corrected chi connectivity index (χ3v) is 3.64. The van der Waals surface area contributed by atoms with E-state index in [4.69, 9.17) is 14.2 Å². The fraction of sp³-hybridized carbons (Fsp3) is 0.429. The van der Waals surface area contributed by atoms with Gasteiger partial charge in [0.05, 0.1) is 19.8 Å². The van der Waals surface area contributed by atoms with E-state index in [-0.39, 0.29) is 6.10 Å². The molecule has 0 spiro atoms. The zero-order valence-corrected chi connectivity index (χ0v) is 15.7. The van der Waals surface area contributed by atoms with Crippen LogP contribution in [-0.4, -0.2) is 19.8 Å². The Morgan fingerprint density at radius 2 is 1.60 bits per heavy atom. The van der Waals surface area contributed by atoms with Gasteiger partial charge in [-0.2, -0.15) is 0 Å². The van der Waals surface area contributed by atoms with Crippen LogP contribution in [-0.2, 0) is 13.1 Å². The summed E-state index contributed by atoms with van der Waals surface area (Å²) in [6.45, 7) is 8.42. The molecule has 0 heterocycles. The Morgan fingerprint density at radius 1 is 0.920 bits per heavy atom. The topological polar surface area (TPSA) is 39.7 Å². The van der Waals surface area contributed by atoms with Crippen molar-refractivity contribution in [2.75, 3.05) is 13.7 Å². The third-order valence-electron chi connectivity index (χ3n) is 3.64. The van der Waals surface area contributed by atoms with Crippen LogP contribution in [0.15, 0.2) is 42.5 Å². The molecule has 2 aromatic carbocycles. The van der Waals surface area contributed by atoms with Crippen molar-refractivity contribution in [3.05, 3.63) is 53.6 Å². The summed E-state index contributed by atoms with van der Waals surface area (Å²) in [5.74, 6) is 2.49. The maximum Gasteiger partial charge on any atom is 0.161 e. The third kappa shape index (κ3) is 6.31. The summed E-state index contributed by atoms with van der Waals surface area (Å²) < 4.78 is 16.8. The van der Waals surface area contributed by atoms with Crippen LogP contribution >= 0.6 is 0 Å². The quantitative estimate of drug-likeness (QED) is 0.686. The zero-order valence-electron chi connectivity index (χ0n) is 15.7. The van der Waals surface area contributed by atoms with Crippen molar-refractivity contribution >= 4 is 0 Å². The van der Waals surface area contributed by atoms with Crippen LogP contribution in [0.1, 0.15) is 38.3 Å². The number of ether oxygens (including phenoxy) is 3. The SMILES string of the molecule is CCCOc1ccc(CNCc2ccc(OC(C)C)cc2)cc1OC. The molecule has 4 nitrogen and oxygen atoms in total. The first kappa shape index (κ1) is 19.1. The molecule has 0 aromatic heterocycles. The molecule has 2 aromatic rings. The van der Waals surface area contributed by atoms with E-state index >= 15 is 0 Å². The van der Waals surface area contributed by atoms with Crippen molar-refractivity contribution in [2.45, 2.75) is 46.4 Å². The molecule has 0 aliphatic heterocycles. The molecule has 2 rings (SSSR count). The molecule has 4 heteroatoms. The van der Waals surface area contributed by atoms with E-state index in [1.165, 1.54) is 11.1 Å². The highest BCUT2D eigenvalue weighted by molar-refractivity contribution is 5.43. The molecule has 0 radical (unpaired) electrons. The first-order valence-electron chi connectivity index (χ1n) is 8.88. The van der Waals surface area contributed by atoms with Crippen molar-refractivity contribution in [2.24, 2.45) is 0 Å². The second-order valence-electron chi connectivity index (χ2n) is 6.25. The summed E-state index contributed by atoms with van der Waals surface area (Å²) in [4.78, 5) is 0. The van der Waals surface area contributed by atoms with E-state index in [2.05, 4.69) is 30.4 Å². The van der Waals surface area contributed by atoms with Gasteiger partial charge in [-0.3, -0.25) is 0 Å². The van der Waals surface area contributed by atoms with Crippen LogP contribution in [0.3, 0.4) is 0 Å². The van der Waals surface area contributed by atoms with E-state index in [0.717, 1.165) is 36.8 Å². The minimum absolute atomic E-state index is 0.197. The van der Waals surface area contributed by atoms with Crippen LogP contribution in [0.25, 0.3) is 0 Å². The highest BCUT2D eigenvalue weighted by atomic mass is 16.5.